The van der Waals surface area contributed by atoms with Crippen molar-refractivity contribution in [2.75, 3.05) is 39.5 Å². The predicted molar refractivity (Wildman–Crippen MR) is 107 cm³/mol. The molecule has 0 radical (unpaired) electrons. The summed E-state index contributed by atoms with van der Waals surface area (Å²) in [4.78, 5) is 4.67. The fraction of sp³-hybridized carbons (Fsp3) is 0.476. The van der Waals surface area contributed by atoms with Crippen LogP contribution in [0.2, 0.25) is 0 Å². The molecule has 0 amide bonds. The lowest BCUT2D eigenvalue weighted by Gasteiger charge is -2.36. The van der Waals surface area contributed by atoms with E-state index in [2.05, 4.69) is 59.8 Å². The van der Waals surface area contributed by atoms with Gasteiger partial charge in [0.15, 0.2) is 5.96 Å². The molecule has 2 N–H and O–H groups in total. The summed E-state index contributed by atoms with van der Waals surface area (Å²) in [5.41, 5.74) is 0.196. The molecule has 3 rings (SSSR count). The highest BCUT2D eigenvalue weighted by Crippen LogP contribution is 2.26. The van der Waals surface area contributed by atoms with Crippen LogP contribution < -0.4 is 15.4 Å². The first-order chi connectivity index (χ1) is 12.7. The Morgan fingerprint density at radius 3 is 2.69 bits per heavy atom. The van der Waals surface area contributed by atoms with Gasteiger partial charge < -0.3 is 20.1 Å². The molecule has 140 valence electrons. The first kappa shape index (κ1) is 18.5. The van der Waals surface area contributed by atoms with Crippen molar-refractivity contribution in [1.29, 1.82) is 0 Å². The monoisotopic (exact) mass is 355 g/mol. The molecule has 2 aromatic carbocycles. The van der Waals surface area contributed by atoms with Gasteiger partial charge in [-0.05, 0) is 36.2 Å². The van der Waals surface area contributed by atoms with E-state index in [0.29, 0.717) is 6.61 Å². The number of fused-ring (bicyclic) bond motifs is 1. The molecule has 1 saturated heterocycles. The number of hydrogen-bond donors (Lipinski definition) is 2. The van der Waals surface area contributed by atoms with Crippen molar-refractivity contribution >= 4 is 16.7 Å². The van der Waals surface area contributed by atoms with Gasteiger partial charge in [-0.25, -0.2) is 0 Å². The highest BCUT2D eigenvalue weighted by Gasteiger charge is 2.33. The summed E-state index contributed by atoms with van der Waals surface area (Å²) in [6.45, 7) is 9.03. The number of guanidine groups is 1. The quantitative estimate of drug-likeness (QED) is 0.434. The third kappa shape index (κ3) is 5.11. The van der Waals surface area contributed by atoms with E-state index in [-0.39, 0.29) is 5.41 Å². The first-order valence-electron chi connectivity index (χ1n) is 9.40. The van der Waals surface area contributed by atoms with E-state index in [4.69, 9.17) is 9.47 Å². The Labute approximate surface area is 155 Å². The van der Waals surface area contributed by atoms with E-state index in [1.807, 2.05) is 12.1 Å². The minimum atomic E-state index is 0.196. The van der Waals surface area contributed by atoms with Gasteiger partial charge in [-0.1, -0.05) is 37.3 Å². The van der Waals surface area contributed by atoms with Crippen molar-refractivity contribution in [3.63, 3.8) is 0 Å². The number of benzene rings is 2. The molecular weight excluding hydrogens is 326 g/mol. The Kier molecular flexibility index (Phi) is 6.34. The second-order valence-electron chi connectivity index (χ2n) is 7.14. The Morgan fingerprint density at radius 2 is 1.96 bits per heavy atom. The molecule has 26 heavy (non-hydrogen) atoms. The maximum absolute atomic E-state index is 5.88. The van der Waals surface area contributed by atoms with Gasteiger partial charge in [0.2, 0.25) is 0 Å². The average Bonchev–Trinajstić information content (AvgIpc) is 2.64. The molecule has 1 heterocycles. The number of aliphatic imine (C=N–C) groups is 1. The number of hydrogen-bond acceptors (Lipinski definition) is 3. The van der Waals surface area contributed by atoms with E-state index in [9.17, 15) is 0 Å². The molecule has 2 aromatic rings. The zero-order valence-corrected chi connectivity index (χ0v) is 15.8. The van der Waals surface area contributed by atoms with Crippen LogP contribution >= 0.6 is 0 Å². The summed E-state index contributed by atoms with van der Waals surface area (Å²) in [7, 11) is 0. The molecule has 0 unspecified atom stereocenters. The van der Waals surface area contributed by atoms with Gasteiger partial charge in [-0.15, -0.1) is 0 Å². The van der Waals surface area contributed by atoms with Crippen LogP contribution in [0.1, 0.15) is 20.3 Å². The van der Waals surface area contributed by atoms with Crippen LogP contribution in [0.3, 0.4) is 0 Å². The van der Waals surface area contributed by atoms with Crippen molar-refractivity contribution in [2.24, 2.45) is 10.4 Å². The van der Waals surface area contributed by atoms with Gasteiger partial charge in [0.05, 0.1) is 26.4 Å². The molecule has 0 saturated carbocycles. The van der Waals surface area contributed by atoms with Gasteiger partial charge in [0.25, 0.3) is 0 Å². The summed E-state index contributed by atoms with van der Waals surface area (Å²) in [5.74, 6) is 1.79. The van der Waals surface area contributed by atoms with Crippen LogP contribution in [0.15, 0.2) is 47.5 Å². The molecular formula is C21H29N3O2. The van der Waals surface area contributed by atoms with Crippen molar-refractivity contribution in [3.8, 4) is 5.75 Å². The molecule has 0 aliphatic carbocycles. The second-order valence-corrected chi connectivity index (χ2v) is 7.14. The molecule has 1 aliphatic heterocycles. The van der Waals surface area contributed by atoms with Crippen LogP contribution in [0, 0.1) is 5.41 Å². The van der Waals surface area contributed by atoms with Crippen LogP contribution in [-0.4, -0.2) is 45.4 Å². The number of nitrogens with one attached hydrogen (secondary N) is 2. The highest BCUT2D eigenvalue weighted by molar-refractivity contribution is 5.83. The zero-order chi connectivity index (χ0) is 18.2. The third-order valence-corrected chi connectivity index (χ3v) is 4.47. The van der Waals surface area contributed by atoms with Gasteiger partial charge >= 0.3 is 0 Å². The zero-order valence-electron chi connectivity index (χ0n) is 15.8. The summed E-state index contributed by atoms with van der Waals surface area (Å²) < 4.78 is 11.2. The number of ether oxygens (including phenoxy) is 2. The minimum Gasteiger partial charge on any atom is -0.494 e. The van der Waals surface area contributed by atoms with Gasteiger partial charge in [0, 0.05) is 18.5 Å². The number of rotatable bonds is 8. The topological polar surface area (TPSA) is 54.9 Å². The van der Waals surface area contributed by atoms with Crippen LogP contribution in [-0.2, 0) is 4.74 Å². The first-order valence-corrected chi connectivity index (χ1v) is 9.40. The molecule has 0 aromatic heterocycles. The molecule has 5 heteroatoms. The maximum atomic E-state index is 5.88. The minimum absolute atomic E-state index is 0.196. The lowest BCUT2D eigenvalue weighted by Crippen LogP contribution is -2.44. The summed E-state index contributed by atoms with van der Waals surface area (Å²) in [5, 5.41) is 9.11. The third-order valence-electron chi connectivity index (χ3n) is 4.47. The van der Waals surface area contributed by atoms with Crippen LogP contribution in [0.4, 0.5) is 0 Å². The van der Waals surface area contributed by atoms with Crippen molar-refractivity contribution < 1.29 is 9.47 Å². The number of nitrogens with zero attached hydrogens (tertiary/aromatic N) is 1. The molecule has 0 spiro atoms. The summed E-state index contributed by atoms with van der Waals surface area (Å²) in [6, 6.07) is 14.5. The van der Waals surface area contributed by atoms with Crippen molar-refractivity contribution in [3.05, 3.63) is 42.5 Å². The Hall–Kier alpha value is -2.27. The van der Waals surface area contributed by atoms with Gasteiger partial charge in [-0.3, -0.25) is 4.99 Å². The molecule has 1 aliphatic rings. The molecule has 1 fully saturated rings. The van der Waals surface area contributed by atoms with Crippen LogP contribution in [0.5, 0.6) is 5.75 Å². The van der Waals surface area contributed by atoms with E-state index in [1.165, 1.54) is 10.8 Å². The van der Waals surface area contributed by atoms with E-state index >= 15 is 0 Å². The highest BCUT2D eigenvalue weighted by atomic mass is 16.5. The lowest BCUT2D eigenvalue weighted by atomic mass is 9.89. The Morgan fingerprint density at radius 1 is 1.15 bits per heavy atom. The Bertz CT molecular complexity index is 741. The standard InChI is InChI=1S/C21H29N3O2/c1-3-22-20(24-14-21(2)15-25-16-21)23-11-6-12-26-19-10-9-17-7-4-5-8-18(17)13-19/h4-5,7-10,13H,3,6,11-12,14-16H2,1-2H3,(H2,22,23,24). The smallest absolute Gasteiger partial charge is 0.191 e. The average molecular weight is 355 g/mol. The normalized spacial score (nSPS) is 16.2. The largest absolute Gasteiger partial charge is 0.494 e. The van der Waals surface area contributed by atoms with E-state index in [1.54, 1.807) is 0 Å². The van der Waals surface area contributed by atoms with E-state index < -0.39 is 0 Å². The second kappa shape index (κ2) is 8.90. The predicted octanol–water partition coefficient (Wildman–Crippen LogP) is 3.20. The molecule has 5 nitrogen and oxygen atoms in total. The van der Waals surface area contributed by atoms with E-state index in [0.717, 1.165) is 51.0 Å². The van der Waals surface area contributed by atoms with Crippen LogP contribution in [0.25, 0.3) is 10.8 Å². The molecule has 0 atom stereocenters. The van der Waals surface area contributed by atoms with Crippen molar-refractivity contribution in [1.82, 2.24) is 10.6 Å². The van der Waals surface area contributed by atoms with Gasteiger partial charge in [-0.2, -0.15) is 0 Å². The van der Waals surface area contributed by atoms with Gasteiger partial charge in [0.1, 0.15) is 5.75 Å². The molecule has 0 bridgehead atoms. The SMILES string of the molecule is CCNC(=NCC1(C)COC1)NCCCOc1ccc2ccccc2c1. The lowest BCUT2D eigenvalue weighted by molar-refractivity contribution is -0.0945. The maximum Gasteiger partial charge on any atom is 0.191 e. The summed E-state index contributed by atoms with van der Waals surface area (Å²) >= 11 is 0. The summed E-state index contributed by atoms with van der Waals surface area (Å²) in [6.07, 6.45) is 0.914. The fourth-order valence-electron chi connectivity index (χ4n) is 2.88. The fourth-order valence-corrected chi connectivity index (χ4v) is 2.88. The Balaban J connectivity index is 1.40. The van der Waals surface area contributed by atoms with Crippen molar-refractivity contribution in [2.45, 2.75) is 20.3 Å².